The Morgan fingerprint density at radius 3 is 2.80 bits per heavy atom. The highest BCUT2D eigenvalue weighted by Gasteiger charge is 2.28. The maximum Gasteiger partial charge on any atom is 0.227 e. The van der Waals surface area contributed by atoms with E-state index in [1.807, 2.05) is 6.92 Å². The van der Waals surface area contributed by atoms with E-state index in [0.29, 0.717) is 19.0 Å². The van der Waals surface area contributed by atoms with Gasteiger partial charge in [0.1, 0.15) is 0 Å². The van der Waals surface area contributed by atoms with E-state index in [1.165, 1.54) is 12.1 Å². The summed E-state index contributed by atoms with van der Waals surface area (Å²) in [6.45, 7) is 3.17. The van der Waals surface area contributed by atoms with Gasteiger partial charge in [-0.2, -0.15) is 0 Å². The minimum Gasteiger partial charge on any atom is -0.342 e. The highest BCUT2D eigenvalue weighted by atomic mass is 35.5. The molecule has 1 saturated heterocycles. The zero-order chi connectivity index (χ0) is 14.0. The lowest BCUT2D eigenvalue weighted by Gasteiger charge is -2.18. The molecule has 2 unspecified atom stereocenters. The van der Waals surface area contributed by atoms with Gasteiger partial charge < -0.3 is 10.6 Å². The SMILES string of the molecule is CC(N)C1CCN(C(=O)Cc2cccc(F)c2F)C1.Cl. The number of nitrogens with two attached hydrogens (primary N) is 1. The van der Waals surface area contributed by atoms with Crippen molar-refractivity contribution in [1.82, 2.24) is 4.90 Å². The van der Waals surface area contributed by atoms with Gasteiger partial charge in [0.05, 0.1) is 6.42 Å². The van der Waals surface area contributed by atoms with Crippen LogP contribution in [0.3, 0.4) is 0 Å². The Bertz CT molecular complexity index is 482. The molecule has 6 heteroatoms. The lowest BCUT2D eigenvalue weighted by atomic mass is 10.0. The van der Waals surface area contributed by atoms with Crippen LogP contribution in [0.15, 0.2) is 18.2 Å². The van der Waals surface area contributed by atoms with Gasteiger partial charge in [0.2, 0.25) is 5.91 Å². The molecule has 0 aliphatic carbocycles. The molecule has 0 spiro atoms. The molecule has 1 heterocycles. The number of hydrogen-bond donors (Lipinski definition) is 1. The van der Waals surface area contributed by atoms with Gasteiger partial charge >= 0.3 is 0 Å². The third-order valence-electron chi connectivity index (χ3n) is 3.69. The topological polar surface area (TPSA) is 46.3 Å². The van der Waals surface area contributed by atoms with Crippen LogP contribution in [0.2, 0.25) is 0 Å². The maximum absolute atomic E-state index is 13.5. The van der Waals surface area contributed by atoms with Gasteiger partial charge in [-0.15, -0.1) is 12.4 Å². The number of hydrogen-bond acceptors (Lipinski definition) is 2. The van der Waals surface area contributed by atoms with Crippen molar-refractivity contribution in [3.8, 4) is 0 Å². The number of halogens is 3. The number of carbonyl (C=O) groups is 1. The molecule has 2 atom stereocenters. The fourth-order valence-electron chi connectivity index (χ4n) is 2.40. The van der Waals surface area contributed by atoms with E-state index in [0.717, 1.165) is 12.5 Å². The van der Waals surface area contributed by atoms with E-state index >= 15 is 0 Å². The molecule has 2 N–H and O–H groups in total. The minimum absolute atomic E-state index is 0. The van der Waals surface area contributed by atoms with Gasteiger partial charge in [-0.3, -0.25) is 4.79 Å². The molecule has 2 rings (SSSR count). The third-order valence-corrected chi connectivity index (χ3v) is 3.69. The van der Waals surface area contributed by atoms with Crippen molar-refractivity contribution < 1.29 is 13.6 Å². The second kappa shape index (κ2) is 6.99. The smallest absolute Gasteiger partial charge is 0.227 e. The summed E-state index contributed by atoms with van der Waals surface area (Å²) >= 11 is 0. The predicted octanol–water partition coefficient (Wildman–Crippen LogP) is 2.12. The summed E-state index contributed by atoms with van der Waals surface area (Å²) in [5, 5.41) is 0. The van der Waals surface area contributed by atoms with E-state index in [4.69, 9.17) is 5.73 Å². The molecule has 1 aliphatic rings. The number of rotatable bonds is 3. The van der Waals surface area contributed by atoms with Gasteiger partial charge in [0, 0.05) is 24.7 Å². The largest absolute Gasteiger partial charge is 0.342 e. The van der Waals surface area contributed by atoms with E-state index in [-0.39, 0.29) is 36.3 Å². The Hall–Kier alpha value is -1.20. The molecule has 1 aromatic rings. The van der Waals surface area contributed by atoms with E-state index < -0.39 is 11.6 Å². The molecule has 1 aromatic carbocycles. The summed E-state index contributed by atoms with van der Waals surface area (Å²) in [5.74, 6) is -1.73. The van der Waals surface area contributed by atoms with Gasteiger partial charge in [0.15, 0.2) is 11.6 Å². The summed E-state index contributed by atoms with van der Waals surface area (Å²) in [5.41, 5.74) is 5.91. The van der Waals surface area contributed by atoms with Crippen LogP contribution in [-0.2, 0) is 11.2 Å². The number of likely N-dealkylation sites (tertiary alicyclic amines) is 1. The maximum atomic E-state index is 13.5. The summed E-state index contributed by atoms with van der Waals surface area (Å²) in [7, 11) is 0. The standard InChI is InChI=1S/C14H18F2N2O.ClH/c1-9(17)11-5-6-18(8-11)13(19)7-10-3-2-4-12(15)14(10)16;/h2-4,9,11H,5-8,17H2,1H3;1H. The second-order valence-electron chi connectivity index (χ2n) is 5.14. The predicted molar refractivity (Wildman–Crippen MR) is 75.6 cm³/mol. The average molecular weight is 305 g/mol. The van der Waals surface area contributed by atoms with E-state index in [2.05, 4.69) is 0 Å². The molecule has 1 fully saturated rings. The Balaban J connectivity index is 0.00000200. The van der Waals surface area contributed by atoms with Crippen molar-refractivity contribution >= 4 is 18.3 Å². The molecule has 1 amide bonds. The summed E-state index contributed by atoms with van der Waals surface area (Å²) in [4.78, 5) is 13.7. The van der Waals surface area contributed by atoms with Crippen molar-refractivity contribution in [2.75, 3.05) is 13.1 Å². The monoisotopic (exact) mass is 304 g/mol. The van der Waals surface area contributed by atoms with Crippen molar-refractivity contribution in [3.05, 3.63) is 35.4 Å². The first kappa shape index (κ1) is 16.9. The van der Waals surface area contributed by atoms with E-state index in [1.54, 1.807) is 4.90 Å². The number of nitrogens with zero attached hydrogens (tertiary/aromatic N) is 1. The Morgan fingerprint density at radius 2 is 2.20 bits per heavy atom. The van der Waals surface area contributed by atoms with Crippen LogP contribution < -0.4 is 5.73 Å². The summed E-state index contributed by atoms with van der Waals surface area (Å²) in [6, 6.07) is 3.94. The average Bonchev–Trinajstić information content (AvgIpc) is 2.84. The number of benzene rings is 1. The van der Waals surface area contributed by atoms with Crippen LogP contribution >= 0.6 is 12.4 Å². The molecule has 1 aliphatic heterocycles. The van der Waals surface area contributed by atoms with Crippen LogP contribution in [0, 0.1) is 17.6 Å². The zero-order valence-corrected chi connectivity index (χ0v) is 12.1. The Kier molecular flexibility index (Phi) is 5.89. The van der Waals surface area contributed by atoms with Crippen LogP contribution in [0.25, 0.3) is 0 Å². The van der Waals surface area contributed by atoms with Crippen LogP contribution in [0.5, 0.6) is 0 Å². The molecule has 0 bridgehead atoms. The Morgan fingerprint density at radius 1 is 1.50 bits per heavy atom. The van der Waals surface area contributed by atoms with Gasteiger partial charge in [-0.05, 0) is 25.3 Å². The van der Waals surface area contributed by atoms with Crippen LogP contribution in [0.1, 0.15) is 18.9 Å². The highest BCUT2D eigenvalue weighted by molar-refractivity contribution is 5.85. The summed E-state index contributed by atoms with van der Waals surface area (Å²) < 4.78 is 26.5. The fourth-order valence-corrected chi connectivity index (χ4v) is 2.40. The zero-order valence-electron chi connectivity index (χ0n) is 11.3. The van der Waals surface area contributed by atoms with Crippen LogP contribution in [-0.4, -0.2) is 29.9 Å². The second-order valence-corrected chi connectivity index (χ2v) is 5.14. The van der Waals surface area contributed by atoms with Crippen LogP contribution in [0.4, 0.5) is 8.78 Å². The molecule has 0 aromatic heterocycles. The molecule has 112 valence electrons. The molecular formula is C14H19ClF2N2O. The molecule has 0 saturated carbocycles. The highest BCUT2D eigenvalue weighted by Crippen LogP contribution is 2.20. The number of carbonyl (C=O) groups excluding carboxylic acids is 1. The van der Waals surface area contributed by atoms with Crippen molar-refractivity contribution in [2.45, 2.75) is 25.8 Å². The normalized spacial score (nSPS) is 19.6. The first-order valence-electron chi connectivity index (χ1n) is 6.45. The Labute approximate surface area is 123 Å². The molecule has 0 radical (unpaired) electrons. The lowest BCUT2D eigenvalue weighted by molar-refractivity contribution is -0.129. The molecule has 20 heavy (non-hydrogen) atoms. The summed E-state index contributed by atoms with van der Waals surface area (Å²) in [6.07, 6.45) is 0.768. The molecule has 3 nitrogen and oxygen atoms in total. The minimum atomic E-state index is -0.932. The van der Waals surface area contributed by atoms with Gasteiger partial charge in [-0.1, -0.05) is 12.1 Å². The van der Waals surface area contributed by atoms with Crippen molar-refractivity contribution in [1.29, 1.82) is 0 Å². The quantitative estimate of drug-likeness (QED) is 0.930. The third kappa shape index (κ3) is 3.67. The fraction of sp³-hybridized carbons (Fsp3) is 0.500. The first-order chi connectivity index (χ1) is 8.99. The van der Waals surface area contributed by atoms with Crippen molar-refractivity contribution in [2.24, 2.45) is 11.7 Å². The van der Waals surface area contributed by atoms with Gasteiger partial charge in [0.25, 0.3) is 0 Å². The van der Waals surface area contributed by atoms with Crippen molar-refractivity contribution in [3.63, 3.8) is 0 Å². The lowest BCUT2D eigenvalue weighted by Crippen LogP contribution is -2.33. The van der Waals surface area contributed by atoms with Gasteiger partial charge in [-0.25, -0.2) is 8.78 Å². The van der Waals surface area contributed by atoms with E-state index in [9.17, 15) is 13.6 Å². The number of amides is 1. The molecular weight excluding hydrogens is 286 g/mol. The first-order valence-corrected chi connectivity index (χ1v) is 6.45.